The van der Waals surface area contributed by atoms with Gasteiger partial charge in [-0.2, -0.15) is 0 Å². The van der Waals surface area contributed by atoms with Crippen LogP contribution in [0.15, 0.2) is 16.8 Å². The number of hydrogen-bond donors (Lipinski definition) is 2. The summed E-state index contributed by atoms with van der Waals surface area (Å²) < 4.78 is 5.08. The van der Waals surface area contributed by atoms with E-state index in [1.54, 1.807) is 6.07 Å². The molecule has 0 saturated heterocycles. The van der Waals surface area contributed by atoms with E-state index in [1.807, 2.05) is 20.0 Å². The molecule has 2 aromatic rings. The fourth-order valence-corrected chi connectivity index (χ4v) is 1.44. The molecule has 0 fully saturated rings. The summed E-state index contributed by atoms with van der Waals surface area (Å²) in [6.07, 6.45) is 1.93. The van der Waals surface area contributed by atoms with E-state index in [2.05, 4.69) is 10.1 Å². The number of nitrogens with one attached hydrogen (secondary N) is 1. The molecule has 0 saturated carbocycles. The van der Waals surface area contributed by atoms with Crippen molar-refractivity contribution in [2.75, 3.05) is 5.73 Å². The van der Waals surface area contributed by atoms with Crippen LogP contribution in [-0.2, 0) is 0 Å². The summed E-state index contributed by atoms with van der Waals surface area (Å²) in [5.74, 6) is 1.13. The standard InChI is InChI=1S/C9H11N3O/c1-5-4-11-6(2)9(5)7-3-8(10)12-13-7/h3-4,11H,1-2H3,(H2,10,12). The first-order valence-electron chi connectivity index (χ1n) is 4.05. The maximum atomic E-state index is 5.47. The van der Waals surface area contributed by atoms with Crippen molar-refractivity contribution in [2.24, 2.45) is 0 Å². The average Bonchev–Trinajstić information content (AvgIpc) is 2.60. The van der Waals surface area contributed by atoms with Gasteiger partial charge in [0.2, 0.25) is 0 Å². The third kappa shape index (κ3) is 1.20. The van der Waals surface area contributed by atoms with Gasteiger partial charge in [0.1, 0.15) is 0 Å². The summed E-state index contributed by atoms with van der Waals surface area (Å²) in [4.78, 5) is 3.12. The molecule has 2 heterocycles. The van der Waals surface area contributed by atoms with Crippen LogP contribution in [0.25, 0.3) is 11.3 Å². The SMILES string of the molecule is Cc1c[nH]c(C)c1-c1cc(N)no1. The molecule has 4 heteroatoms. The highest BCUT2D eigenvalue weighted by Gasteiger charge is 2.11. The van der Waals surface area contributed by atoms with Crippen LogP contribution in [0.4, 0.5) is 5.82 Å². The molecular formula is C9H11N3O. The number of hydrogen-bond acceptors (Lipinski definition) is 3. The van der Waals surface area contributed by atoms with Gasteiger partial charge in [-0.3, -0.25) is 0 Å². The predicted octanol–water partition coefficient (Wildman–Crippen LogP) is 1.87. The van der Waals surface area contributed by atoms with Crippen molar-refractivity contribution in [3.63, 3.8) is 0 Å². The van der Waals surface area contributed by atoms with Gasteiger partial charge in [0, 0.05) is 23.5 Å². The van der Waals surface area contributed by atoms with Crippen molar-refractivity contribution < 1.29 is 4.52 Å². The van der Waals surface area contributed by atoms with Crippen molar-refractivity contribution in [1.82, 2.24) is 10.1 Å². The molecule has 0 bridgehead atoms. The molecule has 13 heavy (non-hydrogen) atoms. The number of nitrogens with two attached hydrogens (primary N) is 1. The fraction of sp³-hybridized carbons (Fsp3) is 0.222. The van der Waals surface area contributed by atoms with Gasteiger partial charge in [-0.15, -0.1) is 0 Å². The Bertz CT molecular complexity index is 408. The van der Waals surface area contributed by atoms with E-state index in [1.165, 1.54) is 0 Å². The number of aromatic nitrogens is 2. The Morgan fingerprint density at radius 3 is 2.69 bits per heavy atom. The molecule has 3 N–H and O–H groups in total. The van der Waals surface area contributed by atoms with Gasteiger partial charge >= 0.3 is 0 Å². The van der Waals surface area contributed by atoms with Crippen LogP contribution >= 0.6 is 0 Å². The van der Waals surface area contributed by atoms with Crippen LogP contribution in [-0.4, -0.2) is 10.1 Å². The van der Waals surface area contributed by atoms with Crippen molar-refractivity contribution in [3.8, 4) is 11.3 Å². The number of aryl methyl sites for hydroxylation is 2. The van der Waals surface area contributed by atoms with E-state index in [-0.39, 0.29) is 0 Å². The Morgan fingerprint density at radius 2 is 2.23 bits per heavy atom. The molecule has 4 nitrogen and oxygen atoms in total. The van der Waals surface area contributed by atoms with Gasteiger partial charge in [0.05, 0.1) is 0 Å². The second kappa shape index (κ2) is 2.65. The number of rotatable bonds is 1. The van der Waals surface area contributed by atoms with Crippen molar-refractivity contribution in [3.05, 3.63) is 23.5 Å². The number of nitrogen functional groups attached to an aromatic ring is 1. The maximum Gasteiger partial charge on any atom is 0.171 e. The van der Waals surface area contributed by atoms with Crippen LogP contribution in [0.2, 0.25) is 0 Å². The van der Waals surface area contributed by atoms with Gasteiger partial charge in [-0.1, -0.05) is 5.16 Å². The van der Waals surface area contributed by atoms with Gasteiger partial charge in [0.25, 0.3) is 0 Å². The second-order valence-corrected chi connectivity index (χ2v) is 3.09. The Labute approximate surface area is 75.7 Å². The lowest BCUT2D eigenvalue weighted by Crippen LogP contribution is -1.80. The highest BCUT2D eigenvalue weighted by atomic mass is 16.5. The van der Waals surface area contributed by atoms with Gasteiger partial charge in [0.15, 0.2) is 11.6 Å². The molecular weight excluding hydrogens is 166 g/mol. The van der Waals surface area contributed by atoms with Crippen LogP contribution in [0, 0.1) is 13.8 Å². The first-order chi connectivity index (χ1) is 6.18. The van der Waals surface area contributed by atoms with Crippen molar-refractivity contribution >= 4 is 5.82 Å². The highest BCUT2D eigenvalue weighted by Crippen LogP contribution is 2.27. The molecule has 0 aliphatic carbocycles. The van der Waals surface area contributed by atoms with Crippen molar-refractivity contribution in [2.45, 2.75) is 13.8 Å². The molecule has 68 valence electrons. The minimum absolute atomic E-state index is 0.412. The van der Waals surface area contributed by atoms with Gasteiger partial charge in [-0.05, 0) is 19.4 Å². The highest BCUT2D eigenvalue weighted by molar-refractivity contribution is 5.66. The minimum atomic E-state index is 0.412. The lowest BCUT2D eigenvalue weighted by molar-refractivity contribution is 0.435. The minimum Gasteiger partial charge on any atom is -0.381 e. The maximum absolute atomic E-state index is 5.47. The average molecular weight is 177 g/mol. The summed E-state index contributed by atoms with van der Waals surface area (Å²) >= 11 is 0. The third-order valence-corrected chi connectivity index (χ3v) is 2.05. The molecule has 0 atom stereocenters. The quantitative estimate of drug-likeness (QED) is 0.698. The van der Waals surface area contributed by atoms with Crippen LogP contribution in [0.1, 0.15) is 11.3 Å². The lowest BCUT2D eigenvalue weighted by Gasteiger charge is -1.94. The smallest absolute Gasteiger partial charge is 0.171 e. The first kappa shape index (κ1) is 7.91. The Balaban J connectivity index is 2.57. The lowest BCUT2D eigenvalue weighted by atomic mass is 10.1. The number of H-pyrrole nitrogens is 1. The predicted molar refractivity (Wildman–Crippen MR) is 50.2 cm³/mol. The summed E-state index contributed by atoms with van der Waals surface area (Å²) in [6.45, 7) is 4.00. The normalized spacial score (nSPS) is 10.6. The van der Waals surface area contributed by atoms with Crippen LogP contribution < -0.4 is 5.73 Å². The summed E-state index contributed by atoms with van der Waals surface area (Å²) in [6, 6.07) is 1.73. The first-order valence-corrected chi connectivity index (χ1v) is 4.05. The number of aromatic amines is 1. The summed E-state index contributed by atoms with van der Waals surface area (Å²) in [5.41, 5.74) is 8.71. The van der Waals surface area contributed by atoms with Gasteiger partial charge < -0.3 is 15.2 Å². The Kier molecular flexibility index (Phi) is 1.62. The molecule has 0 radical (unpaired) electrons. The zero-order valence-electron chi connectivity index (χ0n) is 7.59. The fourth-order valence-electron chi connectivity index (χ4n) is 1.44. The largest absolute Gasteiger partial charge is 0.381 e. The molecule has 2 aromatic heterocycles. The second-order valence-electron chi connectivity index (χ2n) is 3.09. The summed E-state index contributed by atoms with van der Waals surface area (Å²) in [7, 11) is 0. The zero-order valence-corrected chi connectivity index (χ0v) is 7.59. The topological polar surface area (TPSA) is 67.8 Å². The van der Waals surface area contributed by atoms with Crippen LogP contribution in [0.5, 0.6) is 0 Å². The van der Waals surface area contributed by atoms with E-state index in [4.69, 9.17) is 10.3 Å². The zero-order chi connectivity index (χ0) is 9.42. The van der Waals surface area contributed by atoms with Crippen molar-refractivity contribution in [1.29, 1.82) is 0 Å². The molecule has 0 aliphatic heterocycles. The number of anilines is 1. The van der Waals surface area contributed by atoms with E-state index >= 15 is 0 Å². The molecule has 0 aliphatic rings. The molecule has 0 aromatic carbocycles. The molecule has 0 amide bonds. The van der Waals surface area contributed by atoms with Crippen LogP contribution in [0.3, 0.4) is 0 Å². The Morgan fingerprint density at radius 1 is 1.46 bits per heavy atom. The third-order valence-electron chi connectivity index (χ3n) is 2.05. The monoisotopic (exact) mass is 177 g/mol. The van der Waals surface area contributed by atoms with E-state index in [0.29, 0.717) is 11.6 Å². The molecule has 0 spiro atoms. The van der Waals surface area contributed by atoms with Gasteiger partial charge in [-0.25, -0.2) is 0 Å². The van der Waals surface area contributed by atoms with E-state index in [0.717, 1.165) is 16.8 Å². The van der Waals surface area contributed by atoms with E-state index < -0.39 is 0 Å². The summed E-state index contributed by atoms with van der Waals surface area (Å²) in [5, 5.41) is 3.64. The molecule has 2 rings (SSSR count). The van der Waals surface area contributed by atoms with E-state index in [9.17, 15) is 0 Å². The Hall–Kier alpha value is -1.71. The number of nitrogens with zero attached hydrogens (tertiary/aromatic N) is 1. The molecule has 0 unspecified atom stereocenters.